The lowest BCUT2D eigenvalue weighted by atomic mass is 9.72. The van der Waals surface area contributed by atoms with Crippen molar-refractivity contribution in [3.8, 4) is 22.3 Å². The smallest absolute Gasteiger partial charge is 0.0949 e. The van der Waals surface area contributed by atoms with E-state index in [-0.39, 0.29) is 14.6 Å². The number of rotatable bonds is 12. The first-order valence-corrected chi connectivity index (χ1v) is 19.9. The molecule has 4 aromatic carbocycles. The molecule has 0 unspecified atom stereocenters. The van der Waals surface area contributed by atoms with Crippen molar-refractivity contribution in [1.29, 1.82) is 0 Å². The van der Waals surface area contributed by atoms with Gasteiger partial charge in [0.2, 0.25) is 0 Å². The number of hydrogen-bond acceptors (Lipinski definition) is 3. The van der Waals surface area contributed by atoms with Crippen molar-refractivity contribution in [2.45, 2.75) is 75.2 Å². The molecule has 3 aromatic heterocycles. The van der Waals surface area contributed by atoms with E-state index >= 15 is 0 Å². The van der Waals surface area contributed by atoms with Crippen molar-refractivity contribution in [2.24, 2.45) is 0 Å². The van der Waals surface area contributed by atoms with Gasteiger partial charge in [-0.05, 0) is 91.2 Å². The van der Waals surface area contributed by atoms with E-state index in [4.69, 9.17) is 0 Å². The fourth-order valence-electron chi connectivity index (χ4n) is 7.43. The van der Waals surface area contributed by atoms with Crippen LogP contribution in [0.15, 0.2) is 135 Å². The lowest BCUT2D eigenvalue weighted by Gasteiger charge is -2.32. The van der Waals surface area contributed by atoms with Crippen molar-refractivity contribution in [1.82, 2.24) is 28.7 Å². The Balaban J connectivity index is 1.31. The van der Waals surface area contributed by atoms with Crippen molar-refractivity contribution in [3.63, 3.8) is 0 Å². The molecule has 0 aliphatic rings. The molecule has 0 atom stereocenters. The summed E-state index contributed by atoms with van der Waals surface area (Å²) in [5.41, 5.74) is 13.6. The normalized spacial score (nSPS) is 12.2. The fraction of sp³-hybridized carbons (Fsp3) is 0.267. The molecular weight excluding hydrogens is 784 g/mol. The molecule has 0 aliphatic carbocycles. The highest BCUT2D eigenvalue weighted by Crippen LogP contribution is 2.40. The summed E-state index contributed by atoms with van der Waals surface area (Å²) >= 11 is 7.40. The molecule has 0 radical (unpaired) electrons. The second-order valence-corrected chi connectivity index (χ2v) is 19.0. The first-order valence-electron chi connectivity index (χ1n) is 18.1. The number of hydrogen-bond donors (Lipinski definition) is 0. The molecule has 0 N–H and O–H groups in total. The predicted octanol–water partition coefficient (Wildman–Crippen LogP) is 11.0. The lowest BCUT2D eigenvalue weighted by molar-refractivity contribution is 0.590. The molecule has 0 aliphatic heterocycles. The van der Waals surface area contributed by atoms with Crippen molar-refractivity contribution in [2.75, 3.05) is 0 Å². The van der Waals surface area contributed by atoms with E-state index in [0.717, 1.165) is 26.1 Å². The molecule has 0 saturated heterocycles. The molecule has 0 fully saturated rings. The molecule has 7 aromatic rings. The van der Waals surface area contributed by atoms with E-state index in [1.165, 1.54) is 61.2 Å². The molecule has 8 heteroatoms. The molecule has 53 heavy (non-hydrogen) atoms. The minimum absolute atomic E-state index is 0.0943. The second-order valence-electron chi connectivity index (χ2n) is 15.5. The Bertz CT molecular complexity index is 2190. The van der Waals surface area contributed by atoms with E-state index in [0.29, 0.717) is 0 Å². The third-order valence-corrected chi connectivity index (χ3v) is 10.8. The number of imidazole rings is 3. The third kappa shape index (κ3) is 8.66. The Morgan fingerprint density at radius 3 is 1.43 bits per heavy atom. The van der Waals surface area contributed by atoms with E-state index in [1.807, 2.05) is 43.8 Å². The van der Waals surface area contributed by atoms with Crippen molar-refractivity contribution < 1.29 is 0 Å². The van der Waals surface area contributed by atoms with Crippen LogP contribution in [0.5, 0.6) is 0 Å². The molecule has 270 valence electrons. The van der Waals surface area contributed by atoms with Gasteiger partial charge in [0, 0.05) is 62.2 Å². The lowest BCUT2D eigenvalue weighted by Crippen LogP contribution is -2.25. The quantitative estimate of drug-likeness (QED) is 0.115. The van der Waals surface area contributed by atoms with Gasteiger partial charge < -0.3 is 13.7 Å². The number of benzene rings is 4. The highest BCUT2D eigenvalue weighted by Gasteiger charge is 2.30. The van der Waals surface area contributed by atoms with Gasteiger partial charge in [-0.25, -0.2) is 15.0 Å². The maximum Gasteiger partial charge on any atom is 0.0949 e. The molecule has 7 rings (SSSR count). The van der Waals surface area contributed by atoms with Gasteiger partial charge in [0.1, 0.15) is 0 Å². The predicted molar refractivity (Wildman–Crippen MR) is 224 cm³/mol. The van der Waals surface area contributed by atoms with Gasteiger partial charge >= 0.3 is 0 Å². The molecule has 0 spiro atoms. The average molecular weight is 831 g/mol. The van der Waals surface area contributed by atoms with Gasteiger partial charge in [-0.2, -0.15) is 0 Å². The molecule has 6 nitrogen and oxygen atoms in total. The summed E-state index contributed by atoms with van der Waals surface area (Å²) in [7, 11) is 0. The van der Waals surface area contributed by atoms with E-state index in [9.17, 15) is 0 Å². The zero-order valence-corrected chi connectivity index (χ0v) is 34.2. The molecular formula is C45H46Br2N6. The summed E-state index contributed by atoms with van der Waals surface area (Å²) in [4.78, 5) is 13.0. The first-order chi connectivity index (χ1) is 25.4. The molecule has 0 saturated carbocycles. The summed E-state index contributed by atoms with van der Waals surface area (Å²) < 4.78 is 6.66. The monoisotopic (exact) mass is 828 g/mol. The van der Waals surface area contributed by atoms with Gasteiger partial charge in [-0.15, -0.1) is 0 Å². The second kappa shape index (κ2) is 15.4. The Morgan fingerprint density at radius 1 is 0.528 bits per heavy atom. The van der Waals surface area contributed by atoms with Crippen LogP contribution in [0.1, 0.15) is 73.6 Å². The first kappa shape index (κ1) is 36.8. The van der Waals surface area contributed by atoms with Crippen LogP contribution < -0.4 is 0 Å². The summed E-state index contributed by atoms with van der Waals surface area (Å²) in [5, 5.41) is 0. The minimum atomic E-state index is -0.313. The van der Waals surface area contributed by atoms with Gasteiger partial charge in [0.15, 0.2) is 0 Å². The zero-order chi connectivity index (χ0) is 37.2. The molecule has 3 heterocycles. The van der Waals surface area contributed by atoms with Crippen LogP contribution in [0.2, 0.25) is 0 Å². The SMILES string of the molecule is CC(C)(C)c1ccc(-c2cc(Cn3ccnc3)c(C(C)(C)c3ccc(-c4cc(CC(Br)Br)cc(Cn5ccnc5)c4)cc3)c(Cn3ccnc3)c2)cc1. The summed E-state index contributed by atoms with van der Waals surface area (Å²) in [5.74, 6) is 0. The van der Waals surface area contributed by atoms with E-state index < -0.39 is 0 Å². The Morgan fingerprint density at radius 2 is 0.981 bits per heavy atom. The zero-order valence-electron chi connectivity index (χ0n) is 31.0. The maximum absolute atomic E-state index is 4.39. The van der Waals surface area contributed by atoms with Crippen LogP contribution in [0.3, 0.4) is 0 Å². The third-order valence-electron chi connectivity index (χ3n) is 10.1. The Labute approximate surface area is 330 Å². The standard InChI is InChI=1S/C45H46Br2N6/c1-44(2,3)40-10-6-35(7-11-40)37-24-38(27-52-18-15-49-30-52)43(39(25-37)28-53-19-16-50-31-53)45(4,5)41-12-8-34(9-13-41)36-21-32(23-42(46)47)20-33(22-36)26-51-17-14-48-29-51/h6-22,24-25,29-31,42H,23,26-28H2,1-5H3. The van der Waals surface area contributed by atoms with Crippen LogP contribution in [0, 0.1) is 0 Å². The van der Waals surface area contributed by atoms with Crippen molar-refractivity contribution >= 4 is 31.9 Å². The number of alkyl halides is 2. The van der Waals surface area contributed by atoms with Gasteiger partial charge in [0.25, 0.3) is 0 Å². The van der Waals surface area contributed by atoms with Crippen LogP contribution in [-0.2, 0) is 36.9 Å². The van der Waals surface area contributed by atoms with Crippen LogP contribution in [0.4, 0.5) is 0 Å². The summed E-state index contributed by atoms with van der Waals surface area (Å²) in [6.45, 7) is 13.7. The summed E-state index contributed by atoms with van der Waals surface area (Å²) in [6, 6.07) is 30.0. The van der Waals surface area contributed by atoms with Gasteiger partial charge in [0.05, 0.1) is 22.7 Å². The summed E-state index contributed by atoms with van der Waals surface area (Å²) in [6.07, 6.45) is 18.2. The minimum Gasteiger partial charge on any atom is -0.333 e. The Kier molecular flexibility index (Phi) is 10.7. The fourth-order valence-corrected chi connectivity index (χ4v) is 8.18. The molecule has 0 amide bonds. The highest BCUT2D eigenvalue weighted by atomic mass is 79.9. The maximum atomic E-state index is 4.39. The number of halogens is 2. The van der Waals surface area contributed by atoms with Gasteiger partial charge in [-0.1, -0.05) is 127 Å². The van der Waals surface area contributed by atoms with E-state index in [1.54, 1.807) is 0 Å². The Hall–Kier alpha value is -4.53. The largest absolute Gasteiger partial charge is 0.333 e. The number of aromatic nitrogens is 6. The van der Waals surface area contributed by atoms with Gasteiger partial charge in [-0.3, -0.25) is 0 Å². The van der Waals surface area contributed by atoms with Crippen molar-refractivity contribution in [3.05, 3.63) is 174 Å². The van der Waals surface area contributed by atoms with Crippen LogP contribution in [-0.4, -0.2) is 32.4 Å². The number of nitrogens with zero attached hydrogens (tertiary/aromatic N) is 6. The highest BCUT2D eigenvalue weighted by molar-refractivity contribution is 9.24. The topological polar surface area (TPSA) is 53.5 Å². The van der Waals surface area contributed by atoms with E-state index in [2.05, 4.69) is 186 Å². The molecule has 0 bridgehead atoms. The van der Waals surface area contributed by atoms with Crippen LogP contribution >= 0.6 is 31.9 Å². The average Bonchev–Trinajstić information content (AvgIpc) is 3.93. The van der Waals surface area contributed by atoms with Crippen LogP contribution in [0.25, 0.3) is 22.3 Å².